The van der Waals surface area contributed by atoms with Crippen molar-refractivity contribution in [3.63, 3.8) is 0 Å². The lowest BCUT2D eigenvalue weighted by Crippen LogP contribution is -1.56. The Balaban J connectivity index is -0.000000144. The van der Waals surface area contributed by atoms with Crippen molar-refractivity contribution in [1.82, 2.24) is 0 Å². The molecule has 0 fully saturated rings. The van der Waals surface area contributed by atoms with Crippen molar-refractivity contribution in [3.05, 3.63) is 30.3 Å². The maximum Gasteiger partial charge on any atom is 0.00399 e. The van der Waals surface area contributed by atoms with Gasteiger partial charge in [-0.05, 0) is 12.1 Å². The van der Waals surface area contributed by atoms with Crippen molar-refractivity contribution in [2.45, 2.75) is 46.4 Å². The van der Waals surface area contributed by atoms with E-state index in [4.69, 9.17) is 0 Å². The summed E-state index contributed by atoms with van der Waals surface area (Å²) in [4.78, 5) is 1.02. The second-order valence-electron chi connectivity index (χ2n) is 1.34. The summed E-state index contributed by atoms with van der Waals surface area (Å²) in [6, 6.07) is 9.79. The Bertz CT molecular complexity index is 135. The normalized spacial score (nSPS) is 6.08. The van der Waals surface area contributed by atoms with Gasteiger partial charge in [-0.25, -0.2) is 0 Å². The second kappa shape index (κ2) is 22.6. The van der Waals surface area contributed by atoms with Crippen LogP contribution in [0, 0.1) is 0 Å². The van der Waals surface area contributed by atoms with Gasteiger partial charge in [0.05, 0.1) is 0 Å². The first-order valence-corrected chi connectivity index (χ1v) is 5.58. The van der Waals surface area contributed by atoms with E-state index in [2.05, 4.69) is 12.6 Å². The Labute approximate surface area is 89.8 Å². The Hall–Kier alpha value is -0.430. The molecule has 1 heteroatoms. The predicted octanol–water partition coefficient (Wildman–Crippen LogP) is 5.05. The van der Waals surface area contributed by atoms with Gasteiger partial charge >= 0.3 is 0 Å². The van der Waals surface area contributed by atoms with E-state index in [-0.39, 0.29) is 0 Å². The molecule has 1 aromatic carbocycles. The highest BCUT2D eigenvalue weighted by atomic mass is 32.1. The summed E-state index contributed by atoms with van der Waals surface area (Å²) in [6.07, 6.45) is 0. The van der Waals surface area contributed by atoms with E-state index in [9.17, 15) is 0 Å². The van der Waals surface area contributed by atoms with E-state index in [1.807, 2.05) is 71.9 Å². The number of hydrogen-bond acceptors (Lipinski definition) is 1. The highest BCUT2D eigenvalue weighted by molar-refractivity contribution is 7.80. The van der Waals surface area contributed by atoms with Gasteiger partial charge in [0.15, 0.2) is 0 Å². The lowest BCUT2D eigenvalue weighted by molar-refractivity contribution is 1.48. The van der Waals surface area contributed by atoms with Crippen LogP contribution in [0.3, 0.4) is 0 Å². The minimum Gasteiger partial charge on any atom is -0.143 e. The minimum atomic E-state index is 1.02. The first-order chi connectivity index (χ1) is 6.39. The fraction of sp³-hybridized carbons (Fsp3) is 0.500. The third kappa shape index (κ3) is 18.5. The average molecular weight is 200 g/mol. The number of hydrogen-bond donors (Lipinski definition) is 1. The largest absolute Gasteiger partial charge is 0.143 e. The van der Waals surface area contributed by atoms with Crippen LogP contribution in [0.1, 0.15) is 41.5 Å². The van der Waals surface area contributed by atoms with E-state index in [0.717, 1.165) is 4.90 Å². The molecule has 1 rings (SSSR count). The zero-order chi connectivity index (χ0) is 11.1. The lowest BCUT2D eigenvalue weighted by Gasteiger charge is -1.81. The van der Waals surface area contributed by atoms with Crippen LogP contribution >= 0.6 is 12.6 Å². The predicted molar refractivity (Wildman–Crippen MR) is 67.7 cm³/mol. The van der Waals surface area contributed by atoms with E-state index in [1.165, 1.54) is 0 Å². The van der Waals surface area contributed by atoms with Crippen molar-refractivity contribution in [2.24, 2.45) is 0 Å². The molecule has 78 valence electrons. The molecule has 0 aliphatic heterocycles. The Kier molecular flexibility index (Phi) is 31.9. The van der Waals surface area contributed by atoms with Crippen LogP contribution < -0.4 is 0 Å². The molecule has 0 unspecified atom stereocenters. The van der Waals surface area contributed by atoms with Crippen molar-refractivity contribution in [1.29, 1.82) is 0 Å². The molecule has 0 saturated heterocycles. The van der Waals surface area contributed by atoms with Gasteiger partial charge in [-0.2, -0.15) is 0 Å². The molecule has 0 atom stereocenters. The molecular formula is C12H24S. The summed E-state index contributed by atoms with van der Waals surface area (Å²) in [5, 5.41) is 0. The monoisotopic (exact) mass is 200 g/mol. The first-order valence-electron chi connectivity index (χ1n) is 5.13. The maximum atomic E-state index is 4.08. The van der Waals surface area contributed by atoms with Gasteiger partial charge < -0.3 is 0 Å². The van der Waals surface area contributed by atoms with Gasteiger partial charge in [-0.15, -0.1) is 12.6 Å². The molecule has 0 bridgehead atoms. The molecule has 13 heavy (non-hydrogen) atoms. The summed E-state index contributed by atoms with van der Waals surface area (Å²) >= 11 is 4.08. The highest BCUT2D eigenvalue weighted by Gasteiger charge is 1.73. The molecule has 0 aliphatic carbocycles. The van der Waals surface area contributed by atoms with Gasteiger partial charge in [0, 0.05) is 4.90 Å². The van der Waals surface area contributed by atoms with Crippen molar-refractivity contribution in [3.8, 4) is 0 Å². The van der Waals surface area contributed by atoms with Crippen LogP contribution in [0.2, 0.25) is 0 Å². The zero-order valence-electron chi connectivity index (χ0n) is 9.83. The molecule has 0 N–H and O–H groups in total. The van der Waals surface area contributed by atoms with Crippen molar-refractivity contribution < 1.29 is 0 Å². The smallest absolute Gasteiger partial charge is 0.00399 e. The van der Waals surface area contributed by atoms with Crippen molar-refractivity contribution >= 4 is 12.6 Å². The van der Waals surface area contributed by atoms with Crippen molar-refractivity contribution in [2.75, 3.05) is 0 Å². The molecule has 0 saturated carbocycles. The summed E-state index contributed by atoms with van der Waals surface area (Å²) in [5.41, 5.74) is 0. The fourth-order valence-electron chi connectivity index (χ4n) is 0.428. The van der Waals surface area contributed by atoms with Crippen LogP contribution in [-0.2, 0) is 0 Å². The summed E-state index contributed by atoms with van der Waals surface area (Å²) < 4.78 is 0. The quantitative estimate of drug-likeness (QED) is 0.556. The number of benzene rings is 1. The van der Waals surface area contributed by atoms with Crippen LogP contribution in [0.15, 0.2) is 35.2 Å². The molecule has 0 aliphatic rings. The van der Waals surface area contributed by atoms with Gasteiger partial charge in [0.25, 0.3) is 0 Å². The SMILES string of the molecule is CC.CC.CC.Sc1ccccc1. The van der Waals surface area contributed by atoms with Crippen LogP contribution in [0.4, 0.5) is 0 Å². The van der Waals surface area contributed by atoms with Crippen LogP contribution in [0.5, 0.6) is 0 Å². The molecule has 0 nitrogen and oxygen atoms in total. The number of thiol groups is 1. The first kappa shape index (κ1) is 18.4. The Morgan fingerprint density at radius 1 is 0.692 bits per heavy atom. The third-order valence-corrected chi connectivity index (χ3v) is 1.05. The molecule has 0 radical (unpaired) electrons. The minimum absolute atomic E-state index is 1.02. The molecular weight excluding hydrogens is 176 g/mol. The Morgan fingerprint density at radius 3 is 1.15 bits per heavy atom. The van der Waals surface area contributed by atoms with Crippen LogP contribution in [-0.4, -0.2) is 0 Å². The maximum absolute atomic E-state index is 4.08. The topological polar surface area (TPSA) is 0 Å². The molecule has 0 aromatic heterocycles. The van der Waals surface area contributed by atoms with E-state index < -0.39 is 0 Å². The van der Waals surface area contributed by atoms with Gasteiger partial charge in [-0.3, -0.25) is 0 Å². The lowest BCUT2D eigenvalue weighted by atomic mass is 10.4. The van der Waals surface area contributed by atoms with E-state index in [0.29, 0.717) is 0 Å². The van der Waals surface area contributed by atoms with Gasteiger partial charge in [0.2, 0.25) is 0 Å². The second-order valence-corrected chi connectivity index (χ2v) is 1.85. The summed E-state index contributed by atoms with van der Waals surface area (Å²) in [7, 11) is 0. The van der Waals surface area contributed by atoms with Gasteiger partial charge in [-0.1, -0.05) is 59.7 Å². The third-order valence-electron chi connectivity index (χ3n) is 0.756. The summed E-state index contributed by atoms with van der Waals surface area (Å²) in [5.74, 6) is 0. The fourth-order valence-corrected chi connectivity index (χ4v) is 0.600. The zero-order valence-corrected chi connectivity index (χ0v) is 10.7. The molecule has 0 heterocycles. The standard InChI is InChI=1S/C6H6S.3C2H6/c7-6-4-2-1-3-5-6;3*1-2/h1-5,7H;3*1-2H3. The van der Waals surface area contributed by atoms with E-state index in [1.54, 1.807) is 0 Å². The molecule has 1 aromatic rings. The molecule has 0 amide bonds. The molecule has 0 spiro atoms. The van der Waals surface area contributed by atoms with E-state index >= 15 is 0 Å². The summed E-state index contributed by atoms with van der Waals surface area (Å²) in [6.45, 7) is 12.0. The average Bonchev–Trinajstić information content (AvgIpc) is 2.28. The van der Waals surface area contributed by atoms with Crippen LogP contribution in [0.25, 0.3) is 0 Å². The highest BCUT2D eigenvalue weighted by Crippen LogP contribution is 2.00. The number of rotatable bonds is 0. The Morgan fingerprint density at radius 2 is 1.00 bits per heavy atom. The van der Waals surface area contributed by atoms with Gasteiger partial charge in [0.1, 0.15) is 0 Å².